The predicted molar refractivity (Wildman–Crippen MR) is 99.4 cm³/mol. The fourth-order valence-corrected chi connectivity index (χ4v) is 3.23. The first-order chi connectivity index (χ1) is 13.2. The van der Waals surface area contributed by atoms with Crippen molar-refractivity contribution in [3.8, 4) is 5.75 Å². The normalized spacial score (nSPS) is 16.9. The number of halogens is 1. The third kappa shape index (κ3) is 4.11. The maximum atomic E-state index is 12.8. The fourth-order valence-electron chi connectivity index (χ4n) is 3.10. The molecule has 1 aliphatic heterocycles. The van der Waals surface area contributed by atoms with E-state index in [0.717, 1.165) is 16.9 Å². The van der Waals surface area contributed by atoms with Crippen LogP contribution in [0.3, 0.4) is 0 Å². The quantitative estimate of drug-likeness (QED) is 0.631. The van der Waals surface area contributed by atoms with Crippen LogP contribution in [-0.2, 0) is 22.5 Å². The van der Waals surface area contributed by atoms with Gasteiger partial charge in [0.15, 0.2) is 0 Å². The molecule has 2 aromatic carbocycles. The van der Waals surface area contributed by atoms with Gasteiger partial charge < -0.3 is 9.47 Å². The lowest BCUT2D eigenvalue weighted by Crippen LogP contribution is -2.31. The van der Waals surface area contributed by atoms with Gasteiger partial charge in [0.25, 0.3) is 0 Å². The third-order valence-corrected chi connectivity index (χ3v) is 4.78. The zero-order valence-electron chi connectivity index (χ0n) is 14.5. The Hall–Kier alpha value is -2.86. The zero-order valence-corrected chi connectivity index (χ0v) is 15.2. The number of hydrogen-bond acceptors (Lipinski definition) is 5. The average molecular weight is 384 g/mol. The van der Waals surface area contributed by atoms with Gasteiger partial charge in [0, 0.05) is 5.02 Å². The molecule has 6 nitrogen and oxygen atoms in total. The van der Waals surface area contributed by atoms with E-state index in [1.807, 2.05) is 36.4 Å². The summed E-state index contributed by atoms with van der Waals surface area (Å²) in [7, 11) is 0. The van der Waals surface area contributed by atoms with Gasteiger partial charge in [0.05, 0.1) is 12.5 Å². The summed E-state index contributed by atoms with van der Waals surface area (Å²) < 4.78 is 13.2. The van der Waals surface area contributed by atoms with Crippen molar-refractivity contribution in [2.75, 3.05) is 6.61 Å². The second-order valence-electron chi connectivity index (χ2n) is 6.41. The number of rotatable bonds is 5. The molecule has 0 aliphatic carbocycles. The van der Waals surface area contributed by atoms with E-state index in [-0.39, 0.29) is 11.9 Å². The van der Waals surface area contributed by atoms with Crippen LogP contribution in [0.2, 0.25) is 5.02 Å². The highest BCUT2D eigenvalue weighted by molar-refractivity contribution is 6.30. The molecule has 0 N–H and O–H groups in total. The van der Waals surface area contributed by atoms with E-state index in [0.29, 0.717) is 24.6 Å². The second kappa shape index (κ2) is 7.80. The highest BCUT2D eigenvalue weighted by Gasteiger charge is 2.29. The number of ether oxygens (including phenoxy) is 2. The number of para-hydroxylation sites is 1. The monoisotopic (exact) mass is 383 g/mol. The predicted octanol–water partition coefficient (Wildman–Crippen LogP) is 3.47. The first-order valence-corrected chi connectivity index (χ1v) is 9.06. The van der Waals surface area contributed by atoms with Gasteiger partial charge in [-0.2, -0.15) is 5.10 Å². The summed E-state index contributed by atoms with van der Waals surface area (Å²) in [5.74, 6) is 0.202. The zero-order chi connectivity index (χ0) is 18.6. The Balaban J connectivity index is 1.50. The van der Waals surface area contributed by atoms with Crippen molar-refractivity contribution in [2.24, 2.45) is 5.92 Å². The summed E-state index contributed by atoms with van der Waals surface area (Å²) >= 11 is 5.98. The van der Waals surface area contributed by atoms with E-state index < -0.39 is 6.10 Å². The SMILES string of the molecule is O=C(OC(Cn1cncn1)c1ccc(Cl)cc1)C1COc2ccccc2C1. The van der Waals surface area contributed by atoms with E-state index in [1.165, 1.54) is 6.33 Å². The Bertz CT molecular complexity index is 912. The number of fused-ring (bicyclic) bond motifs is 1. The molecule has 2 unspecified atom stereocenters. The summed E-state index contributed by atoms with van der Waals surface area (Å²) in [5.41, 5.74) is 1.87. The molecule has 138 valence electrons. The topological polar surface area (TPSA) is 66.2 Å². The van der Waals surface area contributed by atoms with Crippen LogP contribution in [0.15, 0.2) is 61.2 Å². The van der Waals surface area contributed by atoms with E-state index in [4.69, 9.17) is 21.1 Å². The van der Waals surface area contributed by atoms with E-state index in [1.54, 1.807) is 23.1 Å². The Labute approximate surface area is 161 Å². The van der Waals surface area contributed by atoms with Crippen LogP contribution in [0, 0.1) is 5.92 Å². The molecular weight excluding hydrogens is 366 g/mol. The molecule has 4 rings (SSSR count). The largest absolute Gasteiger partial charge is 0.492 e. The summed E-state index contributed by atoms with van der Waals surface area (Å²) in [6.07, 6.45) is 3.16. The van der Waals surface area contributed by atoms with Crippen molar-refractivity contribution in [2.45, 2.75) is 19.1 Å². The lowest BCUT2D eigenvalue weighted by Gasteiger charge is -2.26. The molecule has 3 aromatic rings. The van der Waals surface area contributed by atoms with Crippen molar-refractivity contribution in [3.63, 3.8) is 0 Å². The van der Waals surface area contributed by atoms with E-state index in [9.17, 15) is 4.79 Å². The molecule has 1 aliphatic rings. The van der Waals surface area contributed by atoms with Gasteiger partial charge in [-0.15, -0.1) is 0 Å². The molecule has 7 heteroatoms. The molecule has 0 fully saturated rings. The van der Waals surface area contributed by atoms with Crippen LogP contribution < -0.4 is 4.74 Å². The highest BCUT2D eigenvalue weighted by Crippen LogP contribution is 2.29. The van der Waals surface area contributed by atoms with Gasteiger partial charge >= 0.3 is 5.97 Å². The highest BCUT2D eigenvalue weighted by atomic mass is 35.5. The van der Waals surface area contributed by atoms with Crippen molar-refractivity contribution < 1.29 is 14.3 Å². The number of nitrogens with zero attached hydrogens (tertiary/aromatic N) is 3. The number of aromatic nitrogens is 3. The molecule has 2 atom stereocenters. The van der Waals surface area contributed by atoms with Gasteiger partial charge in [-0.25, -0.2) is 9.67 Å². The van der Waals surface area contributed by atoms with Gasteiger partial charge in [-0.1, -0.05) is 41.9 Å². The third-order valence-electron chi connectivity index (χ3n) is 4.53. The summed E-state index contributed by atoms with van der Waals surface area (Å²) in [5, 5.41) is 4.74. The maximum Gasteiger partial charge on any atom is 0.313 e. The Morgan fingerprint density at radius 1 is 1.26 bits per heavy atom. The van der Waals surface area contributed by atoms with Gasteiger partial charge in [0.2, 0.25) is 0 Å². The number of benzene rings is 2. The van der Waals surface area contributed by atoms with Crippen LogP contribution in [0.1, 0.15) is 17.2 Å². The molecular formula is C20H18ClN3O3. The minimum atomic E-state index is -0.492. The molecule has 1 aromatic heterocycles. The molecule has 0 saturated heterocycles. The Morgan fingerprint density at radius 2 is 2.07 bits per heavy atom. The molecule has 0 amide bonds. The Kier molecular flexibility index (Phi) is 5.07. The molecule has 0 saturated carbocycles. The minimum Gasteiger partial charge on any atom is -0.492 e. The lowest BCUT2D eigenvalue weighted by molar-refractivity contribution is -0.156. The maximum absolute atomic E-state index is 12.8. The second-order valence-corrected chi connectivity index (χ2v) is 6.85. The molecule has 0 spiro atoms. The molecule has 2 heterocycles. The number of hydrogen-bond donors (Lipinski definition) is 0. The van der Waals surface area contributed by atoms with Crippen molar-refractivity contribution in [1.29, 1.82) is 0 Å². The van der Waals surface area contributed by atoms with Crippen LogP contribution in [0.5, 0.6) is 5.75 Å². The van der Waals surface area contributed by atoms with Crippen LogP contribution in [0.4, 0.5) is 0 Å². The summed E-state index contributed by atoms with van der Waals surface area (Å²) in [4.78, 5) is 16.8. The molecule has 27 heavy (non-hydrogen) atoms. The summed E-state index contributed by atoms with van der Waals surface area (Å²) in [6, 6.07) is 15.0. The smallest absolute Gasteiger partial charge is 0.313 e. The first kappa shape index (κ1) is 17.5. The van der Waals surface area contributed by atoms with E-state index >= 15 is 0 Å². The Morgan fingerprint density at radius 3 is 2.85 bits per heavy atom. The van der Waals surface area contributed by atoms with Gasteiger partial charge in [-0.3, -0.25) is 4.79 Å². The number of carbonyl (C=O) groups is 1. The fraction of sp³-hybridized carbons (Fsp3) is 0.250. The van der Waals surface area contributed by atoms with Crippen molar-refractivity contribution in [1.82, 2.24) is 14.8 Å². The van der Waals surface area contributed by atoms with Gasteiger partial charge in [0.1, 0.15) is 31.1 Å². The standard InChI is InChI=1S/C20H18ClN3O3/c21-17-7-5-14(6-8-17)19(10-24-13-22-12-23-24)27-20(25)16-9-15-3-1-2-4-18(15)26-11-16/h1-8,12-13,16,19H,9-11H2. The van der Waals surface area contributed by atoms with Crippen LogP contribution in [-0.4, -0.2) is 27.3 Å². The minimum absolute atomic E-state index is 0.287. The van der Waals surface area contributed by atoms with Crippen LogP contribution in [0.25, 0.3) is 0 Å². The number of carbonyl (C=O) groups excluding carboxylic acids is 1. The molecule has 0 bridgehead atoms. The van der Waals surface area contributed by atoms with Crippen molar-refractivity contribution >= 4 is 17.6 Å². The lowest BCUT2D eigenvalue weighted by atomic mass is 9.97. The van der Waals surface area contributed by atoms with Crippen LogP contribution >= 0.6 is 11.6 Å². The average Bonchev–Trinajstić information content (AvgIpc) is 3.21. The first-order valence-electron chi connectivity index (χ1n) is 8.68. The summed E-state index contributed by atoms with van der Waals surface area (Å²) in [6.45, 7) is 0.685. The van der Waals surface area contributed by atoms with E-state index in [2.05, 4.69) is 10.1 Å². The molecule has 0 radical (unpaired) electrons. The van der Waals surface area contributed by atoms with Crippen molar-refractivity contribution in [3.05, 3.63) is 77.3 Å². The van der Waals surface area contributed by atoms with Gasteiger partial charge in [-0.05, 0) is 35.7 Å². The number of esters is 1.